The van der Waals surface area contributed by atoms with Crippen molar-refractivity contribution in [2.24, 2.45) is 0 Å². The normalized spacial score (nSPS) is 10.0. The zero-order chi connectivity index (χ0) is 15.5. The van der Waals surface area contributed by atoms with Crippen LogP contribution in [0.4, 0.5) is 0 Å². The van der Waals surface area contributed by atoms with Crippen LogP contribution in [0.2, 0.25) is 5.02 Å². The van der Waals surface area contributed by atoms with Crippen molar-refractivity contribution in [3.63, 3.8) is 0 Å². The van der Waals surface area contributed by atoms with Gasteiger partial charge in [0, 0.05) is 18.0 Å². The lowest BCUT2D eigenvalue weighted by Gasteiger charge is -2.09. The van der Waals surface area contributed by atoms with Crippen molar-refractivity contribution in [1.82, 2.24) is 10.6 Å². The Kier molecular flexibility index (Phi) is 8.78. The summed E-state index contributed by atoms with van der Waals surface area (Å²) in [6, 6.07) is 7.14. The molecule has 0 heterocycles. The Morgan fingerprint density at radius 1 is 1.29 bits per heavy atom. The summed E-state index contributed by atoms with van der Waals surface area (Å²) < 4.78 is 5.51. The van der Waals surface area contributed by atoms with Crippen molar-refractivity contribution >= 4 is 34.8 Å². The van der Waals surface area contributed by atoms with Gasteiger partial charge in [0.2, 0.25) is 5.91 Å². The number of amides is 1. The van der Waals surface area contributed by atoms with Crippen LogP contribution in [0.5, 0.6) is 5.75 Å². The third-order valence-corrected chi connectivity index (χ3v) is 3.20. The van der Waals surface area contributed by atoms with Crippen LogP contribution < -0.4 is 15.4 Å². The Morgan fingerprint density at radius 2 is 2.00 bits per heavy atom. The van der Waals surface area contributed by atoms with Gasteiger partial charge in [0.05, 0.1) is 6.61 Å². The fraction of sp³-hybridized carbons (Fsp3) is 0.467. The molecule has 6 heteroatoms. The number of hydrogen-bond acceptors (Lipinski definition) is 3. The Hall–Kier alpha value is -1.33. The summed E-state index contributed by atoms with van der Waals surface area (Å²) in [6.45, 7) is 3.37. The molecule has 0 radical (unpaired) electrons. The molecule has 1 aromatic carbocycles. The van der Waals surface area contributed by atoms with Crippen LogP contribution in [0.25, 0.3) is 0 Å². The molecular formula is C15H21ClN2O2S. The quantitative estimate of drug-likeness (QED) is 0.568. The summed E-state index contributed by atoms with van der Waals surface area (Å²) in [5, 5.41) is 6.71. The standard InChI is InChI=1S/C15H21ClN2O2S/c1-2-3-10-17-15(21)18-14(19)5-4-11-20-13-8-6-12(16)7-9-13/h6-9H,2-5,10-11H2,1H3,(H2,17,18,19,21). The van der Waals surface area contributed by atoms with Gasteiger partial charge in [-0.25, -0.2) is 0 Å². The minimum atomic E-state index is -0.0938. The molecule has 0 atom stereocenters. The molecule has 0 fully saturated rings. The summed E-state index contributed by atoms with van der Waals surface area (Å²) in [7, 11) is 0. The average molecular weight is 329 g/mol. The van der Waals surface area contributed by atoms with E-state index in [2.05, 4.69) is 17.6 Å². The highest BCUT2D eigenvalue weighted by molar-refractivity contribution is 7.80. The molecule has 0 bridgehead atoms. The van der Waals surface area contributed by atoms with Crippen LogP contribution in [-0.4, -0.2) is 24.2 Å². The topological polar surface area (TPSA) is 50.4 Å². The number of rotatable bonds is 8. The van der Waals surface area contributed by atoms with E-state index in [1.165, 1.54) is 0 Å². The number of carbonyl (C=O) groups is 1. The number of unbranched alkanes of at least 4 members (excludes halogenated alkanes) is 1. The van der Waals surface area contributed by atoms with Gasteiger partial charge in [-0.1, -0.05) is 24.9 Å². The van der Waals surface area contributed by atoms with Gasteiger partial charge in [-0.3, -0.25) is 4.79 Å². The minimum Gasteiger partial charge on any atom is -0.494 e. The zero-order valence-electron chi connectivity index (χ0n) is 12.2. The lowest BCUT2D eigenvalue weighted by molar-refractivity contribution is -0.119. The van der Waals surface area contributed by atoms with Crippen molar-refractivity contribution < 1.29 is 9.53 Å². The third-order valence-electron chi connectivity index (χ3n) is 2.70. The van der Waals surface area contributed by atoms with Gasteiger partial charge in [0.1, 0.15) is 5.75 Å². The fourth-order valence-corrected chi connectivity index (χ4v) is 1.91. The molecule has 21 heavy (non-hydrogen) atoms. The predicted octanol–water partition coefficient (Wildman–Crippen LogP) is 3.29. The first kappa shape index (κ1) is 17.7. The molecule has 1 amide bonds. The molecule has 0 spiro atoms. The number of ether oxygens (including phenoxy) is 1. The number of benzene rings is 1. The van der Waals surface area contributed by atoms with E-state index in [1.54, 1.807) is 24.3 Å². The van der Waals surface area contributed by atoms with Gasteiger partial charge in [-0.15, -0.1) is 0 Å². The van der Waals surface area contributed by atoms with E-state index in [-0.39, 0.29) is 5.91 Å². The smallest absolute Gasteiger partial charge is 0.226 e. The van der Waals surface area contributed by atoms with Crippen LogP contribution >= 0.6 is 23.8 Å². The van der Waals surface area contributed by atoms with E-state index in [0.29, 0.717) is 29.6 Å². The van der Waals surface area contributed by atoms with E-state index in [4.69, 9.17) is 28.6 Å². The number of carbonyl (C=O) groups excluding carboxylic acids is 1. The SMILES string of the molecule is CCCCNC(=S)NC(=O)CCCOc1ccc(Cl)cc1. The zero-order valence-corrected chi connectivity index (χ0v) is 13.7. The number of hydrogen-bond donors (Lipinski definition) is 2. The highest BCUT2D eigenvalue weighted by atomic mass is 35.5. The monoisotopic (exact) mass is 328 g/mol. The molecule has 4 nitrogen and oxygen atoms in total. The van der Waals surface area contributed by atoms with Gasteiger partial charge in [0.15, 0.2) is 5.11 Å². The van der Waals surface area contributed by atoms with Crippen LogP contribution in [-0.2, 0) is 4.79 Å². The van der Waals surface area contributed by atoms with Crippen molar-refractivity contribution in [3.05, 3.63) is 29.3 Å². The van der Waals surface area contributed by atoms with Gasteiger partial charge < -0.3 is 15.4 Å². The number of thiocarbonyl (C=S) groups is 1. The second-order valence-corrected chi connectivity index (χ2v) is 5.41. The lowest BCUT2D eigenvalue weighted by Crippen LogP contribution is -2.39. The first-order valence-electron chi connectivity index (χ1n) is 7.08. The van der Waals surface area contributed by atoms with Crippen LogP contribution in [0.3, 0.4) is 0 Å². The second kappa shape index (κ2) is 10.4. The highest BCUT2D eigenvalue weighted by Crippen LogP contribution is 2.15. The van der Waals surface area contributed by atoms with E-state index in [0.717, 1.165) is 25.1 Å². The Labute approximate surface area is 136 Å². The molecule has 0 aliphatic heterocycles. The minimum absolute atomic E-state index is 0.0938. The number of nitrogens with one attached hydrogen (secondary N) is 2. The largest absolute Gasteiger partial charge is 0.494 e. The van der Waals surface area contributed by atoms with Crippen LogP contribution in [0.15, 0.2) is 24.3 Å². The Balaban J connectivity index is 2.10. The van der Waals surface area contributed by atoms with Crippen molar-refractivity contribution in [2.75, 3.05) is 13.2 Å². The van der Waals surface area contributed by atoms with Gasteiger partial charge >= 0.3 is 0 Å². The first-order valence-corrected chi connectivity index (χ1v) is 7.86. The van der Waals surface area contributed by atoms with E-state index in [1.807, 2.05) is 0 Å². The summed E-state index contributed by atoms with van der Waals surface area (Å²) >= 11 is 10.8. The van der Waals surface area contributed by atoms with Gasteiger partial charge in [-0.2, -0.15) is 0 Å². The molecule has 2 N–H and O–H groups in total. The van der Waals surface area contributed by atoms with Gasteiger partial charge in [0.25, 0.3) is 0 Å². The molecule has 0 saturated heterocycles. The molecule has 1 aromatic rings. The Bertz CT molecular complexity index is 451. The molecule has 0 unspecified atom stereocenters. The molecule has 116 valence electrons. The van der Waals surface area contributed by atoms with Crippen molar-refractivity contribution in [2.45, 2.75) is 32.6 Å². The lowest BCUT2D eigenvalue weighted by atomic mass is 10.3. The molecule has 0 aliphatic rings. The van der Waals surface area contributed by atoms with E-state index >= 15 is 0 Å². The Morgan fingerprint density at radius 3 is 2.67 bits per heavy atom. The third kappa shape index (κ3) is 8.52. The summed E-state index contributed by atoms with van der Waals surface area (Å²) in [5.74, 6) is 0.653. The predicted molar refractivity (Wildman–Crippen MR) is 89.8 cm³/mol. The van der Waals surface area contributed by atoms with Crippen molar-refractivity contribution in [3.8, 4) is 5.75 Å². The molecule has 0 saturated carbocycles. The molecule has 0 aliphatic carbocycles. The molecule has 1 rings (SSSR count). The number of halogens is 1. The highest BCUT2D eigenvalue weighted by Gasteiger charge is 2.04. The fourth-order valence-electron chi connectivity index (χ4n) is 1.57. The molecular weight excluding hydrogens is 308 g/mol. The maximum Gasteiger partial charge on any atom is 0.226 e. The molecule has 0 aromatic heterocycles. The van der Waals surface area contributed by atoms with Gasteiger partial charge in [-0.05, 0) is 49.3 Å². The average Bonchev–Trinajstić information content (AvgIpc) is 2.46. The van der Waals surface area contributed by atoms with E-state index < -0.39 is 0 Å². The first-order chi connectivity index (χ1) is 10.1. The second-order valence-electron chi connectivity index (χ2n) is 4.56. The maximum atomic E-state index is 11.6. The summed E-state index contributed by atoms with van der Waals surface area (Å²) in [5.41, 5.74) is 0. The van der Waals surface area contributed by atoms with E-state index in [9.17, 15) is 4.79 Å². The van der Waals surface area contributed by atoms with Crippen molar-refractivity contribution in [1.29, 1.82) is 0 Å². The summed E-state index contributed by atoms with van der Waals surface area (Å²) in [4.78, 5) is 11.6. The van der Waals surface area contributed by atoms with Crippen LogP contribution in [0.1, 0.15) is 32.6 Å². The maximum absolute atomic E-state index is 11.6. The van der Waals surface area contributed by atoms with Crippen LogP contribution in [0, 0.1) is 0 Å². The summed E-state index contributed by atoms with van der Waals surface area (Å²) in [6.07, 6.45) is 3.13.